The number of carbonyl (C=O) groups is 2. The standard InChI is InChI=1S/C16H19N3O2/c1-17-8-10-19(11-9-17)14-13(12-6-4-3-5-7-12)15(20)18(2)16(14)21/h3-7H,8-11H2,1-2H3. The molecule has 5 nitrogen and oxygen atoms in total. The topological polar surface area (TPSA) is 43.9 Å². The molecular formula is C16H19N3O2. The molecule has 2 heterocycles. The zero-order valence-corrected chi connectivity index (χ0v) is 12.4. The molecule has 0 N–H and O–H groups in total. The molecule has 21 heavy (non-hydrogen) atoms. The molecule has 1 saturated heterocycles. The Kier molecular flexibility index (Phi) is 3.51. The normalized spacial score (nSPS) is 20.7. The zero-order chi connectivity index (χ0) is 15.0. The first-order valence-corrected chi connectivity index (χ1v) is 7.15. The highest BCUT2D eigenvalue weighted by molar-refractivity contribution is 6.35. The summed E-state index contributed by atoms with van der Waals surface area (Å²) in [5.41, 5.74) is 1.91. The van der Waals surface area contributed by atoms with Gasteiger partial charge in [0, 0.05) is 33.2 Å². The number of hydrogen-bond donors (Lipinski definition) is 0. The fraction of sp³-hybridized carbons (Fsp3) is 0.375. The highest BCUT2D eigenvalue weighted by Gasteiger charge is 2.39. The SMILES string of the molecule is CN1CCN(C2=C(c3ccccc3)C(=O)N(C)C2=O)CC1. The van der Waals surface area contributed by atoms with Gasteiger partial charge in [-0.25, -0.2) is 0 Å². The second kappa shape index (κ2) is 5.33. The number of nitrogens with zero attached hydrogens (tertiary/aromatic N) is 3. The van der Waals surface area contributed by atoms with Crippen LogP contribution in [0.15, 0.2) is 36.0 Å². The molecule has 0 unspecified atom stereocenters. The third-order valence-corrected chi connectivity index (χ3v) is 4.14. The fourth-order valence-corrected chi connectivity index (χ4v) is 2.82. The Morgan fingerprint density at radius 3 is 2.10 bits per heavy atom. The molecule has 0 spiro atoms. The molecule has 0 saturated carbocycles. The largest absolute Gasteiger partial charge is 0.364 e. The minimum absolute atomic E-state index is 0.191. The van der Waals surface area contributed by atoms with E-state index < -0.39 is 0 Å². The number of hydrogen-bond acceptors (Lipinski definition) is 4. The molecular weight excluding hydrogens is 266 g/mol. The number of amides is 2. The van der Waals surface area contributed by atoms with E-state index in [0.717, 1.165) is 31.7 Å². The van der Waals surface area contributed by atoms with Crippen molar-refractivity contribution >= 4 is 17.4 Å². The van der Waals surface area contributed by atoms with Crippen LogP contribution in [-0.4, -0.2) is 66.8 Å². The van der Waals surface area contributed by atoms with Crippen molar-refractivity contribution in [2.24, 2.45) is 0 Å². The minimum Gasteiger partial charge on any atom is -0.364 e. The zero-order valence-electron chi connectivity index (χ0n) is 12.4. The van der Waals surface area contributed by atoms with E-state index in [1.807, 2.05) is 35.2 Å². The van der Waals surface area contributed by atoms with Crippen molar-refractivity contribution in [1.29, 1.82) is 0 Å². The van der Waals surface area contributed by atoms with E-state index in [0.29, 0.717) is 11.3 Å². The summed E-state index contributed by atoms with van der Waals surface area (Å²) in [5, 5.41) is 0. The molecule has 2 aliphatic rings. The van der Waals surface area contributed by atoms with Crippen molar-refractivity contribution < 1.29 is 9.59 Å². The van der Waals surface area contributed by atoms with Crippen LogP contribution in [0.2, 0.25) is 0 Å². The maximum absolute atomic E-state index is 12.5. The maximum Gasteiger partial charge on any atom is 0.277 e. The van der Waals surface area contributed by atoms with Gasteiger partial charge in [0.25, 0.3) is 11.8 Å². The molecule has 1 aromatic carbocycles. The molecule has 2 aliphatic heterocycles. The molecule has 0 aromatic heterocycles. The van der Waals surface area contributed by atoms with Crippen molar-refractivity contribution in [2.45, 2.75) is 0 Å². The summed E-state index contributed by atoms with van der Waals surface area (Å²) < 4.78 is 0. The van der Waals surface area contributed by atoms with Crippen LogP contribution < -0.4 is 0 Å². The molecule has 0 bridgehead atoms. The summed E-state index contributed by atoms with van der Waals surface area (Å²) in [6, 6.07) is 9.45. The summed E-state index contributed by atoms with van der Waals surface area (Å²) in [6.45, 7) is 3.34. The quantitative estimate of drug-likeness (QED) is 0.748. The lowest BCUT2D eigenvalue weighted by Crippen LogP contribution is -2.45. The average molecular weight is 285 g/mol. The van der Waals surface area contributed by atoms with Gasteiger partial charge in [-0.3, -0.25) is 14.5 Å². The lowest BCUT2D eigenvalue weighted by Gasteiger charge is -2.34. The first-order chi connectivity index (χ1) is 10.1. The van der Waals surface area contributed by atoms with Crippen LogP contribution in [0, 0.1) is 0 Å². The third kappa shape index (κ3) is 2.34. The van der Waals surface area contributed by atoms with E-state index in [2.05, 4.69) is 11.9 Å². The van der Waals surface area contributed by atoms with Gasteiger partial charge in [-0.05, 0) is 12.6 Å². The van der Waals surface area contributed by atoms with Crippen molar-refractivity contribution in [3.05, 3.63) is 41.6 Å². The van der Waals surface area contributed by atoms with Crippen molar-refractivity contribution in [1.82, 2.24) is 14.7 Å². The molecule has 3 rings (SSSR count). The van der Waals surface area contributed by atoms with Gasteiger partial charge in [0.1, 0.15) is 5.70 Å². The monoisotopic (exact) mass is 285 g/mol. The second-order valence-electron chi connectivity index (χ2n) is 5.55. The number of imide groups is 1. The van der Waals surface area contributed by atoms with Crippen LogP contribution in [0.3, 0.4) is 0 Å². The Morgan fingerprint density at radius 1 is 0.857 bits per heavy atom. The number of rotatable bonds is 2. The lowest BCUT2D eigenvalue weighted by atomic mass is 10.0. The third-order valence-electron chi connectivity index (χ3n) is 4.14. The van der Waals surface area contributed by atoms with E-state index in [1.54, 1.807) is 7.05 Å². The predicted octanol–water partition coefficient (Wildman–Crippen LogP) is 0.644. The van der Waals surface area contributed by atoms with Gasteiger partial charge in [-0.2, -0.15) is 0 Å². The summed E-state index contributed by atoms with van der Waals surface area (Å²) in [7, 11) is 3.62. The second-order valence-corrected chi connectivity index (χ2v) is 5.55. The number of likely N-dealkylation sites (N-methyl/N-ethyl adjacent to an activating group) is 2. The average Bonchev–Trinajstić information content (AvgIpc) is 2.73. The van der Waals surface area contributed by atoms with E-state index in [1.165, 1.54) is 4.90 Å². The van der Waals surface area contributed by atoms with Gasteiger partial charge in [-0.1, -0.05) is 30.3 Å². The summed E-state index contributed by atoms with van der Waals surface area (Å²) in [5.74, 6) is -0.400. The van der Waals surface area contributed by atoms with Crippen molar-refractivity contribution in [3.8, 4) is 0 Å². The summed E-state index contributed by atoms with van der Waals surface area (Å²) in [4.78, 5) is 30.4. The molecule has 0 radical (unpaired) electrons. The van der Waals surface area contributed by atoms with E-state index in [4.69, 9.17) is 0 Å². The minimum atomic E-state index is -0.208. The van der Waals surface area contributed by atoms with E-state index in [9.17, 15) is 9.59 Å². The van der Waals surface area contributed by atoms with Gasteiger partial charge in [0.2, 0.25) is 0 Å². The molecule has 0 aliphatic carbocycles. The smallest absolute Gasteiger partial charge is 0.277 e. The Morgan fingerprint density at radius 2 is 1.48 bits per heavy atom. The molecule has 5 heteroatoms. The Hall–Kier alpha value is -2.14. The van der Waals surface area contributed by atoms with Gasteiger partial charge < -0.3 is 9.80 Å². The predicted molar refractivity (Wildman–Crippen MR) is 80.2 cm³/mol. The van der Waals surface area contributed by atoms with Crippen LogP contribution in [0.5, 0.6) is 0 Å². The Bertz CT molecular complexity index is 601. The van der Waals surface area contributed by atoms with Crippen LogP contribution in [0.25, 0.3) is 5.57 Å². The number of piperazine rings is 1. The van der Waals surface area contributed by atoms with Gasteiger partial charge in [-0.15, -0.1) is 0 Å². The maximum atomic E-state index is 12.5. The molecule has 0 atom stereocenters. The van der Waals surface area contributed by atoms with Crippen LogP contribution in [0.1, 0.15) is 5.56 Å². The lowest BCUT2D eigenvalue weighted by molar-refractivity contribution is -0.136. The Labute approximate surface area is 124 Å². The Balaban J connectivity index is 2.04. The van der Waals surface area contributed by atoms with Crippen LogP contribution in [-0.2, 0) is 9.59 Å². The van der Waals surface area contributed by atoms with Crippen molar-refractivity contribution in [3.63, 3.8) is 0 Å². The van der Waals surface area contributed by atoms with Gasteiger partial charge in [0.05, 0.1) is 5.57 Å². The molecule has 1 aromatic rings. The first-order valence-electron chi connectivity index (χ1n) is 7.15. The van der Waals surface area contributed by atoms with Crippen LogP contribution in [0.4, 0.5) is 0 Å². The fourth-order valence-electron chi connectivity index (χ4n) is 2.82. The first kappa shape index (κ1) is 13.8. The summed E-state index contributed by atoms with van der Waals surface area (Å²) >= 11 is 0. The van der Waals surface area contributed by atoms with E-state index in [-0.39, 0.29) is 11.8 Å². The van der Waals surface area contributed by atoms with Crippen molar-refractivity contribution in [2.75, 3.05) is 40.3 Å². The number of carbonyl (C=O) groups excluding carboxylic acids is 2. The number of benzene rings is 1. The van der Waals surface area contributed by atoms with Crippen LogP contribution >= 0.6 is 0 Å². The molecule has 110 valence electrons. The summed E-state index contributed by atoms with van der Waals surface area (Å²) in [6.07, 6.45) is 0. The molecule has 2 amide bonds. The highest BCUT2D eigenvalue weighted by atomic mass is 16.2. The van der Waals surface area contributed by atoms with Gasteiger partial charge >= 0.3 is 0 Å². The molecule has 1 fully saturated rings. The van der Waals surface area contributed by atoms with Gasteiger partial charge in [0.15, 0.2) is 0 Å². The highest BCUT2D eigenvalue weighted by Crippen LogP contribution is 2.30. The van der Waals surface area contributed by atoms with E-state index >= 15 is 0 Å².